The summed E-state index contributed by atoms with van der Waals surface area (Å²) in [7, 11) is 0. The van der Waals surface area contributed by atoms with Crippen LogP contribution in [0.2, 0.25) is 0 Å². The lowest BCUT2D eigenvalue weighted by Crippen LogP contribution is -2.38. The van der Waals surface area contributed by atoms with Gasteiger partial charge in [0.05, 0.1) is 18.4 Å². The molecule has 4 nitrogen and oxygen atoms in total. The monoisotopic (exact) mass is 265 g/mol. The normalized spacial score (nSPS) is 31.7. The Hall–Kier alpha value is -1.19. The molecule has 0 aromatic carbocycles. The highest BCUT2D eigenvalue weighted by molar-refractivity contribution is 6.08. The maximum absolute atomic E-state index is 12.3. The van der Waals surface area contributed by atoms with Crippen LogP contribution in [-0.4, -0.2) is 29.0 Å². The topological polar surface area (TPSA) is 54.5 Å². The van der Waals surface area contributed by atoms with E-state index in [1.54, 1.807) is 0 Å². The average Bonchev–Trinajstić information content (AvgIpc) is 2.93. The first kappa shape index (κ1) is 14.2. The van der Waals surface area contributed by atoms with E-state index in [0.29, 0.717) is 5.92 Å². The Bertz CT molecular complexity index is 380. The third-order valence-electron chi connectivity index (χ3n) is 4.88. The van der Waals surface area contributed by atoms with Crippen LogP contribution in [-0.2, 0) is 14.4 Å². The summed E-state index contributed by atoms with van der Waals surface area (Å²) in [6, 6.07) is 0. The Kier molecular flexibility index (Phi) is 4.07. The van der Waals surface area contributed by atoms with E-state index in [9.17, 15) is 14.4 Å². The molecule has 0 N–H and O–H groups in total. The molecule has 19 heavy (non-hydrogen) atoms. The second-order valence-electron chi connectivity index (χ2n) is 6.00. The van der Waals surface area contributed by atoms with Crippen LogP contribution in [0.5, 0.6) is 0 Å². The lowest BCUT2D eigenvalue weighted by atomic mass is 10.00. The predicted octanol–water partition coefficient (Wildman–Crippen LogP) is 2.02. The van der Waals surface area contributed by atoms with Crippen molar-refractivity contribution in [3.8, 4) is 0 Å². The quantitative estimate of drug-likeness (QED) is 0.715. The molecule has 3 atom stereocenters. The number of imide groups is 1. The third kappa shape index (κ3) is 2.45. The van der Waals surface area contributed by atoms with Crippen LogP contribution >= 0.6 is 0 Å². The molecule has 1 saturated carbocycles. The highest BCUT2D eigenvalue weighted by Gasteiger charge is 2.52. The Morgan fingerprint density at radius 3 is 2.16 bits per heavy atom. The minimum atomic E-state index is -0.151. The summed E-state index contributed by atoms with van der Waals surface area (Å²) in [5.74, 6) is -0.106. The van der Waals surface area contributed by atoms with E-state index < -0.39 is 0 Å². The van der Waals surface area contributed by atoms with Gasteiger partial charge < -0.3 is 0 Å². The SMILES string of the molecule is CCC1CC2C(=O)N(CC(=O)C(C)CC)C(=O)C2C1. The smallest absolute Gasteiger partial charge is 0.233 e. The van der Waals surface area contributed by atoms with E-state index in [0.717, 1.165) is 25.7 Å². The van der Waals surface area contributed by atoms with Gasteiger partial charge in [-0.25, -0.2) is 0 Å². The van der Waals surface area contributed by atoms with Crippen molar-refractivity contribution in [1.82, 2.24) is 4.90 Å². The van der Waals surface area contributed by atoms with Gasteiger partial charge in [0.2, 0.25) is 11.8 Å². The molecule has 2 amide bonds. The van der Waals surface area contributed by atoms with Crippen LogP contribution in [0, 0.1) is 23.7 Å². The van der Waals surface area contributed by atoms with E-state index in [4.69, 9.17) is 0 Å². The van der Waals surface area contributed by atoms with Gasteiger partial charge in [0.25, 0.3) is 0 Å². The molecule has 0 spiro atoms. The molecule has 2 rings (SSSR count). The zero-order valence-corrected chi connectivity index (χ0v) is 12.0. The summed E-state index contributed by atoms with van der Waals surface area (Å²) in [6.07, 6.45) is 3.42. The van der Waals surface area contributed by atoms with Gasteiger partial charge in [-0.05, 0) is 25.2 Å². The lowest BCUT2D eigenvalue weighted by Gasteiger charge is -2.18. The van der Waals surface area contributed by atoms with Crippen molar-refractivity contribution < 1.29 is 14.4 Å². The standard InChI is InChI=1S/C15H23NO3/c1-4-9(3)13(17)8-16-14(18)11-6-10(5-2)7-12(11)15(16)19/h9-12H,4-8H2,1-3H3. The number of nitrogens with zero attached hydrogens (tertiary/aromatic N) is 1. The number of hydrogen-bond acceptors (Lipinski definition) is 3. The average molecular weight is 265 g/mol. The van der Waals surface area contributed by atoms with Gasteiger partial charge in [-0.1, -0.05) is 27.2 Å². The van der Waals surface area contributed by atoms with Crippen molar-refractivity contribution in [2.24, 2.45) is 23.7 Å². The van der Waals surface area contributed by atoms with E-state index >= 15 is 0 Å². The highest BCUT2D eigenvalue weighted by Crippen LogP contribution is 2.44. The first-order valence-electron chi connectivity index (χ1n) is 7.37. The van der Waals surface area contributed by atoms with Gasteiger partial charge in [-0.15, -0.1) is 0 Å². The molecule has 1 aliphatic carbocycles. The van der Waals surface area contributed by atoms with E-state index in [1.165, 1.54) is 4.90 Å². The summed E-state index contributed by atoms with van der Waals surface area (Å²) >= 11 is 0. The van der Waals surface area contributed by atoms with Crippen molar-refractivity contribution >= 4 is 17.6 Å². The van der Waals surface area contributed by atoms with Crippen molar-refractivity contribution in [2.75, 3.05) is 6.54 Å². The number of hydrogen-bond donors (Lipinski definition) is 0. The third-order valence-corrected chi connectivity index (χ3v) is 4.88. The first-order valence-corrected chi connectivity index (χ1v) is 7.37. The molecule has 2 aliphatic rings. The van der Waals surface area contributed by atoms with Gasteiger partial charge in [-0.3, -0.25) is 19.3 Å². The van der Waals surface area contributed by atoms with Crippen molar-refractivity contribution in [3.05, 3.63) is 0 Å². The number of amides is 2. The van der Waals surface area contributed by atoms with Crippen molar-refractivity contribution in [3.63, 3.8) is 0 Å². The lowest BCUT2D eigenvalue weighted by molar-refractivity contribution is -0.144. The number of carbonyl (C=O) groups is 3. The van der Waals surface area contributed by atoms with E-state index in [-0.39, 0.29) is 41.9 Å². The fraction of sp³-hybridized carbons (Fsp3) is 0.800. The molecule has 0 radical (unpaired) electrons. The van der Waals surface area contributed by atoms with Gasteiger partial charge in [0, 0.05) is 5.92 Å². The van der Waals surface area contributed by atoms with Crippen LogP contribution in [0.4, 0.5) is 0 Å². The van der Waals surface area contributed by atoms with Crippen LogP contribution < -0.4 is 0 Å². The van der Waals surface area contributed by atoms with E-state index in [2.05, 4.69) is 6.92 Å². The fourth-order valence-electron chi connectivity index (χ4n) is 3.23. The zero-order valence-electron chi connectivity index (χ0n) is 12.0. The Labute approximate surface area is 114 Å². The summed E-state index contributed by atoms with van der Waals surface area (Å²) in [5.41, 5.74) is 0. The largest absolute Gasteiger partial charge is 0.297 e. The minimum absolute atomic E-state index is 0.00350. The van der Waals surface area contributed by atoms with Crippen LogP contribution in [0.15, 0.2) is 0 Å². The van der Waals surface area contributed by atoms with Gasteiger partial charge in [0.15, 0.2) is 5.78 Å². The number of likely N-dealkylation sites (tertiary alicyclic amines) is 1. The minimum Gasteiger partial charge on any atom is -0.297 e. The summed E-state index contributed by atoms with van der Waals surface area (Å²) in [6.45, 7) is 5.87. The van der Waals surface area contributed by atoms with E-state index in [1.807, 2.05) is 13.8 Å². The molecule has 1 aliphatic heterocycles. The molecular formula is C15H23NO3. The zero-order chi connectivity index (χ0) is 14.2. The predicted molar refractivity (Wildman–Crippen MR) is 71.2 cm³/mol. The summed E-state index contributed by atoms with van der Waals surface area (Å²) in [5, 5.41) is 0. The summed E-state index contributed by atoms with van der Waals surface area (Å²) < 4.78 is 0. The number of carbonyl (C=O) groups excluding carboxylic acids is 3. The molecular weight excluding hydrogens is 242 g/mol. The number of fused-ring (bicyclic) bond motifs is 1. The molecule has 106 valence electrons. The second kappa shape index (κ2) is 5.43. The number of rotatable bonds is 5. The van der Waals surface area contributed by atoms with Crippen LogP contribution in [0.25, 0.3) is 0 Å². The van der Waals surface area contributed by atoms with Crippen LogP contribution in [0.3, 0.4) is 0 Å². The highest BCUT2D eigenvalue weighted by atomic mass is 16.2. The Morgan fingerprint density at radius 2 is 1.74 bits per heavy atom. The van der Waals surface area contributed by atoms with Gasteiger partial charge in [-0.2, -0.15) is 0 Å². The maximum Gasteiger partial charge on any atom is 0.233 e. The fourth-order valence-corrected chi connectivity index (χ4v) is 3.23. The summed E-state index contributed by atoms with van der Waals surface area (Å²) in [4.78, 5) is 37.6. The molecule has 4 heteroatoms. The second-order valence-corrected chi connectivity index (χ2v) is 6.00. The molecule has 3 unspecified atom stereocenters. The molecule has 0 aromatic heterocycles. The molecule has 0 aromatic rings. The first-order chi connectivity index (χ1) is 8.99. The van der Waals surface area contributed by atoms with Crippen molar-refractivity contribution in [1.29, 1.82) is 0 Å². The molecule has 1 heterocycles. The number of ketones is 1. The molecule has 1 saturated heterocycles. The van der Waals surface area contributed by atoms with Crippen molar-refractivity contribution in [2.45, 2.75) is 46.5 Å². The van der Waals surface area contributed by atoms with Gasteiger partial charge >= 0.3 is 0 Å². The van der Waals surface area contributed by atoms with Gasteiger partial charge in [0.1, 0.15) is 0 Å². The molecule has 2 fully saturated rings. The maximum atomic E-state index is 12.3. The van der Waals surface area contributed by atoms with Crippen LogP contribution in [0.1, 0.15) is 46.5 Å². The number of Topliss-reactive ketones (excluding diaryl/α,β-unsaturated/α-hetero) is 1. The Balaban J connectivity index is 2.04. The Morgan fingerprint density at radius 1 is 1.21 bits per heavy atom. The molecule has 0 bridgehead atoms.